The molecule has 34 heteroatoms. The molecule has 0 aliphatic carbocycles. The molecule has 0 radical (unpaired) electrons. The summed E-state index contributed by atoms with van der Waals surface area (Å²) in [7, 11) is 0. The number of hydrogen-bond donors (Lipinski definition) is 22. The van der Waals surface area contributed by atoms with Gasteiger partial charge in [0.05, 0.1) is 25.2 Å². The fourth-order valence-corrected chi connectivity index (χ4v) is 7.37. The molecule has 75 heavy (non-hydrogen) atoms. The Morgan fingerprint density at radius 2 is 0.773 bits per heavy atom. The molecule has 0 saturated heterocycles. The van der Waals surface area contributed by atoms with Crippen LogP contribution in [0, 0.1) is 0 Å². The van der Waals surface area contributed by atoms with E-state index in [1.54, 1.807) is 0 Å². The van der Waals surface area contributed by atoms with Crippen LogP contribution in [0.25, 0.3) is 0 Å². The number of thiol groups is 5. The largest absolute Gasteiger partial charge is 0.481 e. The van der Waals surface area contributed by atoms with Crippen molar-refractivity contribution >= 4 is 134 Å². The Bertz CT molecular complexity index is 1950. The van der Waals surface area contributed by atoms with Gasteiger partial charge in [-0.05, 0) is 65.5 Å². The zero-order valence-electron chi connectivity index (χ0n) is 41.2. The molecule has 0 rings (SSSR count). The van der Waals surface area contributed by atoms with E-state index in [4.69, 9.17) is 17.2 Å². The smallest absolute Gasteiger partial charge is 0.327 e. The van der Waals surface area contributed by atoms with Crippen LogP contribution in [0.2, 0.25) is 0 Å². The molecule has 29 nitrogen and oxygen atoms in total. The SMILES string of the molecule is C[C@H](NC(=O)[C@@H](N)CS)C(=O)N[C@@H](CS)C(=O)N[C@@H](CCCCN)C(=O)N[C@@H](CC(=O)O)C(=O)N[C@@H](CS)C(=O)N[C@@H](CCCCN)C(=O)N[C@@H](CS)C(=O)N[C@H](C(=O)N[C@@H](CO)C(=O)N[C@@H](CS)C(=O)O)[C@@H](C)O. The van der Waals surface area contributed by atoms with Crippen LogP contribution in [0.5, 0.6) is 0 Å². The van der Waals surface area contributed by atoms with E-state index in [1.807, 2.05) is 0 Å². The van der Waals surface area contributed by atoms with Crippen molar-refractivity contribution in [2.24, 2.45) is 17.2 Å². The molecule has 0 saturated carbocycles. The second-order valence-corrected chi connectivity index (χ2v) is 18.5. The van der Waals surface area contributed by atoms with E-state index in [0.717, 1.165) is 6.92 Å². The third kappa shape index (κ3) is 26.2. The van der Waals surface area contributed by atoms with Gasteiger partial charge in [-0.1, -0.05) is 0 Å². The number of nitrogens with one attached hydrogen (secondary N) is 10. The number of carboxylic acid groups (broad SMARTS) is 2. The number of carbonyl (C=O) groups is 12. The molecular formula is C41H73N13O16S5. The molecule has 0 unspecified atom stereocenters. The average molecular weight is 1160 g/mol. The lowest BCUT2D eigenvalue weighted by molar-refractivity contribution is -0.142. The molecule has 428 valence electrons. The molecule has 0 fully saturated rings. The first kappa shape index (κ1) is 70.2. The Labute approximate surface area is 460 Å². The van der Waals surface area contributed by atoms with Crippen molar-refractivity contribution < 1.29 is 78.0 Å². The lowest BCUT2D eigenvalue weighted by Crippen LogP contribution is -2.62. The number of nitrogens with two attached hydrogens (primary N) is 3. The third-order valence-electron chi connectivity index (χ3n) is 10.6. The predicted molar refractivity (Wildman–Crippen MR) is 287 cm³/mol. The molecule has 10 amide bonds. The van der Waals surface area contributed by atoms with Crippen molar-refractivity contribution in [1.29, 1.82) is 0 Å². The highest BCUT2D eigenvalue weighted by Gasteiger charge is 2.36. The van der Waals surface area contributed by atoms with Gasteiger partial charge in [0.15, 0.2) is 0 Å². The van der Waals surface area contributed by atoms with Crippen LogP contribution >= 0.6 is 63.1 Å². The first-order valence-corrected chi connectivity index (χ1v) is 26.4. The van der Waals surface area contributed by atoms with E-state index in [1.165, 1.54) is 6.92 Å². The van der Waals surface area contributed by atoms with Crippen molar-refractivity contribution in [3.63, 3.8) is 0 Å². The van der Waals surface area contributed by atoms with E-state index in [-0.39, 0.29) is 56.0 Å². The van der Waals surface area contributed by atoms with E-state index < -0.39 is 168 Å². The summed E-state index contributed by atoms with van der Waals surface area (Å²) in [6.07, 6.45) is -1.66. The van der Waals surface area contributed by atoms with Gasteiger partial charge in [-0.2, -0.15) is 63.1 Å². The van der Waals surface area contributed by atoms with Crippen LogP contribution in [0.3, 0.4) is 0 Å². The first-order chi connectivity index (χ1) is 35.3. The number of hydrogen-bond acceptors (Lipinski definition) is 22. The Kier molecular flexibility index (Phi) is 35.4. The number of aliphatic hydroxyl groups excluding tert-OH is 2. The van der Waals surface area contributed by atoms with Crippen molar-refractivity contribution in [3.8, 4) is 0 Å². The van der Waals surface area contributed by atoms with E-state index >= 15 is 0 Å². The monoisotopic (exact) mass is 1160 g/mol. The van der Waals surface area contributed by atoms with Crippen LogP contribution in [0.4, 0.5) is 0 Å². The summed E-state index contributed by atoms with van der Waals surface area (Å²) >= 11 is 20.1. The van der Waals surface area contributed by atoms with Crippen molar-refractivity contribution in [2.45, 2.75) is 131 Å². The van der Waals surface area contributed by atoms with Crippen LogP contribution in [-0.2, 0) is 57.5 Å². The number of unbranched alkanes of at least 4 members (excludes halogenated alkanes) is 2. The minimum Gasteiger partial charge on any atom is -0.481 e. The van der Waals surface area contributed by atoms with Gasteiger partial charge in [0, 0.05) is 28.8 Å². The molecule has 0 spiro atoms. The lowest BCUT2D eigenvalue weighted by Gasteiger charge is -2.28. The summed E-state index contributed by atoms with van der Waals surface area (Å²) in [4.78, 5) is 156. The maximum absolute atomic E-state index is 13.7. The summed E-state index contributed by atoms with van der Waals surface area (Å²) in [6, 6.07) is -16.6. The Balaban J connectivity index is 6.31. The second kappa shape index (κ2) is 37.9. The summed E-state index contributed by atoms with van der Waals surface area (Å²) < 4.78 is 0. The minimum absolute atomic E-state index is 0.0154. The summed E-state index contributed by atoms with van der Waals surface area (Å²) in [6.45, 7) is 1.75. The van der Waals surface area contributed by atoms with Gasteiger partial charge in [-0.3, -0.25) is 52.7 Å². The highest BCUT2D eigenvalue weighted by Crippen LogP contribution is 2.08. The zero-order chi connectivity index (χ0) is 57.5. The lowest BCUT2D eigenvalue weighted by atomic mass is 10.1. The summed E-state index contributed by atoms with van der Waals surface area (Å²) in [5.41, 5.74) is 16.9. The minimum atomic E-state index is -1.88. The van der Waals surface area contributed by atoms with Gasteiger partial charge in [0.1, 0.15) is 60.4 Å². The summed E-state index contributed by atoms with van der Waals surface area (Å²) in [5, 5.41) is 62.0. The van der Waals surface area contributed by atoms with Gasteiger partial charge in [0.2, 0.25) is 59.1 Å². The highest BCUT2D eigenvalue weighted by molar-refractivity contribution is 7.81. The fourth-order valence-electron chi connectivity index (χ4n) is 6.19. The number of carbonyl (C=O) groups excluding carboxylic acids is 10. The van der Waals surface area contributed by atoms with E-state index in [2.05, 4.69) is 116 Å². The maximum atomic E-state index is 13.7. The van der Waals surface area contributed by atoms with Crippen LogP contribution in [-0.4, -0.2) is 212 Å². The van der Waals surface area contributed by atoms with Crippen molar-refractivity contribution in [1.82, 2.24) is 53.2 Å². The molecule has 0 aromatic carbocycles. The second-order valence-electron chi connectivity index (χ2n) is 16.7. The Morgan fingerprint density at radius 3 is 1.15 bits per heavy atom. The molecule has 0 aromatic heterocycles. The number of aliphatic carboxylic acids is 2. The van der Waals surface area contributed by atoms with Crippen LogP contribution < -0.4 is 70.4 Å². The van der Waals surface area contributed by atoms with Gasteiger partial charge in [0.25, 0.3) is 0 Å². The van der Waals surface area contributed by atoms with Crippen molar-refractivity contribution in [2.75, 3.05) is 48.5 Å². The Hall–Kier alpha value is -4.81. The molecule has 0 bridgehead atoms. The molecule has 0 heterocycles. The first-order valence-electron chi connectivity index (χ1n) is 23.3. The highest BCUT2D eigenvalue weighted by atomic mass is 32.1. The number of rotatable bonds is 38. The average Bonchev–Trinajstić information content (AvgIpc) is 3.36. The normalized spacial score (nSPS) is 15.8. The van der Waals surface area contributed by atoms with E-state index in [9.17, 15) is 78.0 Å². The van der Waals surface area contributed by atoms with Gasteiger partial charge in [-0.25, -0.2) is 4.79 Å². The molecule has 0 aromatic rings. The standard InChI is InChI=1S/C41H73N13O16S5/c1-18(45-32(60)20(44)13-71)31(59)50-25(14-72)37(65)46-21(7-3-5-9-42)33(61)48-23(11-29(57)58)35(63)52-26(15-73)38(66)47-22(8-4-6-10-43)34(62)51-27(16-74)39(67)54-30(19(2)56)40(68)49-24(12-55)36(64)53-28(17-75)41(69)70/h18-28,30,55-56,71-75H,3-17,42-44H2,1-2H3,(H,45,60)(H,46,65)(H,47,66)(H,48,61)(H,49,68)(H,50,59)(H,51,62)(H,52,63)(H,53,64)(H,54,67)(H,57,58)(H,69,70)/t18-,19+,20-,21-,22-,23-,24-,25-,26-,27-,28-,30-/m0/s1. The fraction of sp³-hybridized carbons (Fsp3) is 0.707. The number of aliphatic hydroxyl groups is 2. The predicted octanol–water partition coefficient (Wildman–Crippen LogP) is -7.98. The van der Waals surface area contributed by atoms with Crippen molar-refractivity contribution in [3.05, 3.63) is 0 Å². The van der Waals surface area contributed by atoms with E-state index in [0.29, 0.717) is 12.8 Å². The van der Waals surface area contributed by atoms with Crippen LogP contribution in [0.1, 0.15) is 58.8 Å². The molecular weight excluding hydrogens is 1090 g/mol. The third-order valence-corrected chi connectivity index (χ3v) is 12.4. The quantitative estimate of drug-likeness (QED) is 0.0202. The maximum Gasteiger partial charge on any atom is 0.327 e. The van der Waals surface area contributed by atoms with Gasteiger partial charge >= 0.3 is 11.9 Å². The molecule has 20 N–H and O–H groups in total. The van der Waals surface area contributed by atoms with Gasteiger partial charge < -0.3 is 90.8 Å². The molecule has 0 aliphatic heterocycles. The van der Waals surface area contributed by atoms with Gasteiger partial charge in [-0.15, -0.1) is 0 Å². The Morgan fingerprint density at radius 1 is 0.427 bits per heavy atom. The number of carboxylic acids is 2. The molecule has 0 aliphatic rings. The zero-order valence-corrected chi connectivity index (χ0v) is 45.7. The molecule has 12 atom stereocenters. The summed E-state index contributed by atoms with van der Waals surface area (Å²) in [5.74, 6) is -14.7. The topological polar surface area (TPSA) is 484 Å². The van der Waals surface area contributed by atoms with Crippen LogP contribution in [0.15, 0.2) is 0 Å². The number of amides is 10.